The Morgan fingerprint density at radius 1 is 1.17 bits per heavy atom. The van der Waals surface area contributed by atoms with Crippen molar-refractivity contribution >= 4 is 52.3 Å². The molecule has 0 aliphatic heterocycles. The number of hydrazone groups is 1. The van der Waals surface area contributed by atoms with Crippen molar-refractivity contribution in [2.24, 2.45) is 5.10 Å². The lowest BCUT2D eigenvalue weighted by Crippen LogP contribution is -2.03. The smallest absolute Gasteiger partial charge is 0.301 e. The molecule has 0 bridgehead atoms. The van der Waals surface area contributed by atoms with Crippen molar-refractivity contribution in [1.82, 2.24) is 9.97 Å². The van der Waals surface area contributed by atoms with Gasteiger partial charge in [-0.15, -0.1) is 0 Å². The second-order valence-electron chi connectivity index (χ2n) is 4.16. The third kappa shape index (κ3) is 3.83. The number of aromatic nitrogens is 2. The summed E-state index contributed by atoms with van der Waals surface area (Å²) in [4.78, 5) is 27.7. The Balaban J connectivity index is 2.27. The SMILES string of the molecule is Nc1nc(Cl)c(Cl)nc1/C=N/Nc1ccc([N+](=O)[O-])cc1[N+](=O)[O-]. The molecule has 1 aromatic carbocycles. The molecule has 0 aliphatic carbocycles. The number of nitrogen functional groups attached to an aromatic ring is 1. The molecule has 0 unspecified atom stereocenters. The van der Waals surface area contributed by atoms with Gasteiger partial charge in [-0.2, -0.15) is 5.10 Å². The van der Waals surface area contributed by atoms with E-state index >= 15 is 0 Å². The van der Waals surface area contributed by atoms with Crippen LogP contribution in [0.2, 0.25) is 10.3 Å². The maximum Gasteiger partial charge on any atom is 0.301 e. The molecule has 0 fully saturated rings. The first-order valence-electron chi connectivity index (χ1n) is 6.00. The number of hydrogen-bond acceptors (Lipinski definition) is 9. The zero-order valence-electron chi connectivity index (χ0n) is 11.5. The molecule has 0 saturated carbocycles. The molecule has 0 amide bonds. The number of nitro groups is 2. The summed E-state index contributed by atoms with van der Waals surface area (Å²) in [6.45, 7) is 0. The van der Waals surface area contributed by atoms with Gasteiger partial charge in [-0.05, 0) is 6.07 Å². The fourth-order valence-corrected chi connectivity index (χ4v) is 1.82. The molecule has 2 rings (SSSR count). The van der Waals surface area contributed by atoms with Crippen molar-refractivity contribution < 1.29 is 9.85 Å². The molecule has 0 aliphatic rings. The summed E-state index contributed by atoms with van der Waals surface area (Å²) < 4.78 is 0. The van der Waals surface area contributed by atoms with Gasteiger partial charge in [-0.1, -0.05) is 23.2 Å². The second kappa shape index (κ2) is 7.02. The van der Waals surface area contributed by atoms with Gasteiger partial charge >= 0.3 is 5.69 Å². The van der Waals surface area contributed by atoms with E-state index in [0.717, 1.165) is 24.4 Å². The summed E-state index contributed by atoms with van der Waals surface area (Å²) in [5.41, 5.74) is 7.04. The molecule has 3 N–H and O–H groups in total. The lowest BCUT2D eigenvalue weighted by molar-refractivity contribution is -0.393. The highest BCUT2D eigenvalue weighted by Gasteiger charge is 2.19. The van der Waals surface area contributed by atoms with Crippen LogP contribution in [0.15, 0.2) is 23.3 Å². The molecule has 11 nitrogen and oxygen atoms in total. The largest absolute Gasteiger partial charge is 0.382 e. The predicted molar refractivity (Wildman–Crippen MR) is 87.4 cm³/mol. The van der Waals surface area contributed by atoms with Crippen LogP contribution in [0.3, 0.4) is 0 Å². The number of hydrogen-bond donors (Lipinski definition) is 2. The Kier molecular flexibility index (Phi) is 5.06. The highest BCUT2D eigenvalue weighted by atomic mass is 35.5. The van der Waals surface area contributed by atoms with Crippen LogP contribution in [0.4, 0.5) is 22.9 Å². The molecule has 1 aromatic heterocycles. The minimum absolute atomic E-state index is 0.0480. The van der Waals surface area contributed by atoms with Crippen LogP contribution >= 0.6 is 23.2 Å². The van der Waals surface area contributed by atoms with Crippen LogP contribution in [0, 0.1) is 20.2 Å². The molecular formula is C11H7Cl2N7O4. The van der Waals surface area contributed by atoms with E-state index in [0.29, 0.717) is 0 Å². The number of halogens is 2. The molecule has 0 atom stereocenters. The van der Waals surface area contributed by atoms with Gasteiger partial charge in [0.15, 0.2) is 16.1 Å². The molecule has 2 aromatic rings. The summed E-state index contributed by atoms with van der Waals surface area (Å²) in [6.07, 6.45) is 1.12. The average molecular weight is 372 g/mol. The van der Waals surface area contributed by atoms with Crippen LogP contribution < -0.4 is 11.2 Å². The van der Waals surface area contributed by atoms with Crippen LogP contribution in [-0.4, -0.2) is 26.0 Å². The zero-order valence-corrected chi connectivity index (χ0v) is 13.0. The number of rotatable bonds is 5. The standard InChI is InChI=1S/C11H7Cl2N7O4/c12-9-10(13)17-11(14)7(16-9)4-15-18-6-2-1-5(19(21)22)3-8(6)20(23)24/h1-4,18H,(H2,14,17)/b15-4+. The van der Waals surface area contributed by atoms with E-state index < -0.39 is 21.2 Å². The van der Waals surface area contributed by atoms with E-state index in [1.54, 1.807) is 0 Å². The predicted octanol–water partition coefficient (Wildman–Crippen LogP) is 2.63. The van der Waals surface area contributed by atoms with E-state index in [1.807, 2.05) is 0 Å². The molecule has 1 heterocycles. The number of nitrogens with one attached hydrogen (secondary N) is 1. The van der Waals surface area contributed by atoms with E-state index in [9.17, 15) is 20.2 Å². The van der Waals surface area contributed by atoms with Crippen molar-refractivity contribution in [3.63, 3.8) is 0 Å². The number of nitro benzene ring substituents is 2. The summed E-state index contributed by atoms with van der Waals surface area (Å²) in [5, 5.41) is 25.2. The highest BCUT2D eigenvalue weighted by molar-refractivity contribution is 6.40. The summed E-state index contributed by atoms with van der Waals surface area (Å²) in [7, 11) is 0. The Morgan fingerprint density at radius 3 is 2.46 bits per heavy atom. The zero-order chi connectivity index (χ0) is 17.9. The summed E-state index contributed by atoms with van der Waals surface area (Å²) in [5.74, 6) is -0.0480. The Hall–Kier alpha value is -3.05. The van der Waals surface area contributed by atoms with E-state index in [1.165, 1.54) is 0 Å². The number of nitrogens with two attached hydrogens (primary N) is 1. The van der Waals surface area contributed by atoms with Gasteiger partial charge in [0.2, 0.25) is 0 Å². The summed E-state index contributed by atoms with van der Waals surface area (Å²) >= 11 is 11.3. The van der Waals surface area contributed by atoms with Crippen molar-refractivity contribution in [2.75, 3.05) is 11.2 Å². The van der Waals surface area contributed by atoms with Gasteiger partial charge in [-0.3, -0.25) is 25.7 Å². The number of non-ortho nitro benzene ring substituents is 1. The topological polar surface area (TPSA) is 162 Å². The summed E-state index contributed by atoms with van der Waals surface area (Å²) in [6, 6.07) is 3.06. The minimum Gasteiger partial charge on any atom is -0.382 e. The lowest BCUT2D eigenvalue weighted by Gasteiger charge is -2.03. The van der Waals surface area contributed by atoms with Crippen LogP contribution in [-0.2, 0) is 0 Å². The van der Waals surface area contributed by atoms with E-state index in [2.05, 4.69) is 20.5 Å². The normalized spacial score (nSPS) is 10.8. The molecule has 13 heteroatoms. The van der Waals surface area contributed by atoms with Crippen molar-refractivity contribution in [2.45, 2.75) is 0 Å². The molecule has 24 heavy (non-hydrogen) atoms. The van der Waals surface area contributed by atoms with Crippen molar-refractivity contribution in [3.05, 3.63) is 54.4 Å². The minimum atomic E-state index is -0.780. The maximum absolute atomic E-state index is 11.0. The van der Waals surface area contributed by atoms with Crippen LogP contribution in [0.5, 0.6) is 0 Å². The van der Waals surface area contributed by atoms with E-state index in [-0.39, 0.29) is 27.5 Å². The highest BCUT2D eigenvalue weighted by Crippen LogP contribution is 2.29. The number of nitrogens with zero attached hydrogens (tertiary/aromatic N) is 5. The first-order chi connectivity index (χ1) is 11.3. The first kappa shape index (κ1) is 17.3. The molecule has 124 valence electrons. The second-order valence-corrected chi connectivity index (χ2v) is 4.88. The number of benzene rings is 1. The van der Waals surface area contributed by atoms with E-state index in [4.69, 9.17) is 28.9 Å². The maximum atomic E-state index is 11.0. The quantitative estimate of drug-likeness (QED) is 0.459. The van der Waals surface area contributed by atoms with Gasteiger partial charge < -0.3 is 5.73 Å². The average Bonchev–Trinajstić information content (AvgIpc) is 2.52. The van der Waals surface area contributed by atoms with Gasteiger partial charge in [-0.25, -0.2) is 9.97 Å². The van der Waals surface area contributed by atoms with Crippen LogP contribution in [0.1, 0.15) is 5.69 Å². The Bertz CT molecular complexity index is 859. The van der Waals surface area contributed by atoms with Crippen molar-refractivity contribution in [1.29, 1.82) is 0 Å². The van der Waals surface area contributed by atoms with Gasteiger partial charge in [0, 0.05) is 6.07 Å². The third-order valence-corrected chi connectivity index (χ3v) is 3.25. The van der Waals surface area contributed by atoms with Gasteiger partial charge in [0.1, 0.15) is 11.4 Å². The fraction of sp³-hybridized carbons (Fsp3) is 0. The third-order valence-electron chi connectivity index (χ3n) is 2.63. The lowest BCUT2D eigenvalue weighted by atomic mass is 10.2. The van der Waals surface area contributed by atoms with Crippen LogP contribution in [0.25, 0.3) is 0 Å². The van der Waals surface area contributed by atoms with Gasteiger partial charge in [0.05, 0.1) is 22.1 Å². The first-order valence-corrected chi connectivity index (χ1v) is 6.75. The Labute approximate surface area is 143 Å². The Morgan fingerprint density at radius 2 is 1.83 bits per heavy atom. The molecule has 0 saturated heterocycles. The monoisotopic (exact) mass is 371 g/mol. The number of anilines is 2. The molecular weight excluding hydrogens is 365 g/mol. The van der Waals surface area contributed by atoms with Crippen molar-refractivity contribution in [3.8, 4) is 0 Å². The fourth-order valence-electron chi connectivity index (χ4n) is 1.56. The molecule has 0 radical (unpaired) electrons. The van der Waals surface area contributed by atoms with Gasteiger partial charge in [0.25, 0.3) is 5.69 Å². The molecule has 0 spiro atoms.